The van der Waals surface area contributed by atoms with Crippen LogP contribution in [-0.4, -0.2) is 98.1 Å². The fourth-order valence-electron chi connectivity index (χ4n) is 9.30. The normalized spacial score (nSPS) is 23.9. The van der Waals surface area contributed by atoms with Gasteiger partial charge in [0.1, 0.15) is 24.2 Å². The summed E-state index contributed by atoms with van der Waals surface area (Å²) in [5, 5.41) is 35.2. The Bertz CT molecular complexity index is 2250. The molecule has 0 spiro atoms. The van der Waals surface area contributed by atoms with Crippen molar-refractivity contribution in [1.82, 2.24) is 63.8 Å². The maximum absolute atomic E-state index is 14.1. The van der Waals surface area contributed by atoms with Gasteiger partial charge in [0.25, 0.3) is 0 Å². The lowest BCUT2D eigenvalue weighted by Crippen LogP contribution is -2.56. The Kier molecular flexibility index (Phi) is 25.1. The second kappa shape index (κ2) is 32.0. The van der Waals surface area contributed by atoms with Crippen molar-refractivity contribution in [3.05, 3.63) is 144 Å². The smallest absolute Gasteiger partial charge is 0.316 e. The minimum atomic E-state index is -0.947. The zero-order valence-electron chi connectivity index (χ0n) is 47.4. The summed E-state index contributed by atoms with van der Waals surface area (Å²) in [6.45, 7) is 15.5. The van der Waals surface area contributed by atoms with Crippen molar-refractivity contribution in [1.29, 1.82) is 0 Å². The standard InChI is InChI=1S/C60H84N12O8/c1-37(2)45-53(73)61-33-21-22-34-62-54(74)46(38(3)4)67-59(79)71-51(43-29-17-11-18-30-43)52(44-31-19-12-20-32-44)72-60(80)68-48(40(7)8)56(76)64-36-24-23-35-63-55(75)47(39(5)6)66-58(78)70-50(42-27-15-10-16-28-42)49(69-57(77)65-45)41-25-13-9-14-26-41/h9-20,25-32,37-40,45-52H,21-24,33-36H2,1-8H3,(H,61,73)(H,62,74)(H,63,75)(H,64,76)(H2,65,69,77)(H2,66,70,78)(H2,67,71,79)(H2,68,72,80)/t45-,46-,47?,48?,49-,50?,51-,52?/m0/s1. The van der Waals surface area contributed by atoms with Crippen LogP contribution in [0.1, 0.15) is 127 Å². The Morgan fingerprint density at radius 3 is 0.613 bits per heavy atom. The first-order valence-electron chi connectivity index (χ1n) is 27.9. The molecule has 8 atom stereocenters. The quantitative estimate of drug-likeness (QED) is 0.0951. The van der Waals surface area contributed by atoms with E-state index in [2.05, 4.69) is 63.8 Å². The zero-order valence-corrected chi connectivity index (χ0v) is 47.4. The summed E-state index contributed by atoms with van der Waals surface area (Å²) in [7, 11) is 0. The highest BCUT2D eigenvalue weighted by Crippen LogP contribution is 2.31. The number of urea groups is 4. The molecule has 20 nitrogen and oxygen atoms in total. The Labute approximate surface area is 471 Å². The van der Waals surface area contributed by atoms with Crippen LogP contribution in [0.5, 0.6) is 0 Å². The molecule has 1 aliphatic heterocycles. The van der Waals surface area contributed by atoms with Crippen molar-refractivity contribution >= 4 is 47.8 Å². The molecule has 80 heavy (non-hydrogen) atoms. The molecule has 0 bridgehead atoms. The van der Waals surface area contributed by atoms with Crippen molar-refractivity contribution in [2.24, 2.45) is 23.7 Å². The monoisotopic (exact) mass is 1100 g/mol. The fraction of sp³-hybridized carbons (Fsp3) is 0.467. The van der Waals surface area contributed by atoms with Gasteiger partial charge >= 0.3 is 24.1 Å². The lowest BCUT2D eigenvalue weighted by Gasteiger charge is -2.32. The number of carbonyl (C=O) groups excluding carboxylic acids is 8. The summed E-state index contributed by atoms with van der Waals surface area (Å²) in [6, 6.07) is 26.6. The van der Waals surface area contributed by atoms with Crippen LogP contribution in [0.3, 0.4) is 0 Å². The summed E-state index contributed by atoms with van der Waals surface area (Å²) < 4.78 is 0. The summed E-state index contributed by atoms with van der Waals surface area (Å²) in [5.74, 6) is -2.94. The molecule has 20 heteroatoms. The van der Waals surface area contributed by atoms with Crippen molar-refractivity contribution in [2.75, 3.05) is 26.2 Å². The third-order valence-corrected chi connectivity index (χ3v) is 13.8. The molecule has 1 aliphatic rings. The van der Waals surface area contributed by atoms with Crippen molar-refractivity contribution in [3.8, 4) is 0 Å². The maximum atomic E-state index is 14.1. The van der Waals surface area contributed by atoms with Gasteiger partial charge in [0.05, 0.1) is 24.2 Å². The van der Waals surface area contributed by atoms with Gasteiger partial charge in [-0.1, -0.05) is 177 Å². The molecule has 4 unspecified atom stereocenters. The molecule has 1 fully saturated rings. The predicted octanol–water partition coefficient (Wildman–Crippen LogP) is 6.29. The van der Waals surface area contributed by atoms with Gasteiger partial charge in [-0.3, -0.25) is 19.2 Å². The van der Waals surface area contributed by atoms with Gasteiger partial charge in [-0.2, -0.15) is 0 Å². The first-order chi connectivity index (χ1) is 38.3. The molecular weight excluding hydrogens is 1020 g/mol. The second-order valence-corrected chi connectivity index (χ2v) is 21.5. The van der Waals surface area contributed by atoms with E-state index in [0.717, 1.165) is 0 Å². The van der Waals surface area contributed by atoms with Gasteiger partial charge in [0.15, 0.2) is 0 Å². The average molecular weight is 1100 g/mol. The first-order valence-corrected chi connectivity index (χ1v) is 27.9. The van der Waals surface area contributed by atoms with Gasteiger partial charge in [-0.15, -0.1) is 0 Å². The molecule has 4 aromatic rings. The Morgan fingerprint density at radius 2 is 0.450 bits per heavy atom. The van der Waals surface area contributed by atoms with Gasteiger partial charge in [-0.05, 0) is 71.6 Å². The van der Waals surface area contributed by atoms with Crippen LogP contribution in [0.15, 0.2) is 121 Å². The molecule has 0 radical (unpaired) electrons. The van der Waals surface area contributed by atoms with E-state index >= 15 is 0 Å². The topological polar surface area (TPSA) is 281 Å². The largest absolute Gasteiger partial charge is 0.354 e. The highest BCUT2D eigenvalue weighted by molar-refractivity contribution is 5.90. The molecule has 1 saturated heterocycles. The summed E-state index contributed by atoms with van der Waals surface area (Å²) in [5.41, 5.74) is 2.64. The highest BCUT2D eigenvalue weighted by atomic mass is 16.2. The molecule has 0 aliphatic carbocycles. The van der Waals surface area contributed by atoms with E-state index < -0.39 is 96.1 Å². The van der Waals surface area contributed by atoms with Gasteiger partial charge < -0.3 is 63.8 Å². The fourth-order valence-corrected chi connectivity index (χ4v) is 9.30. The van der Waals surface area contributed by atoms with E-state index in [9.17, 15) is 38.4 Å². The van der Waals surface area contributed by atoms with Gasteiger partial charge in [0.2, 0.25) is 23.6 Å². The van der Waals surface area contributed by atoms with E-state index in [-0.39, 0.29) is 49.9 Å². The van der Waals surface area contributed by atoms with Crippen LogP contribution in [0, 0.1) is 23.7 Å². The van der Waals surface area contributed by atoms with Crippen LogP contribution >= 0.6 is 0 Å². The molecule has 5 rings (SSSR count). The molecule has 432 valence electrons. The molecule has 12 amide bonds. The molecular formula is C60H84N12O8. The van der Waals surface area contributed by atoms with Crippen LogP contribution < -0.4 is 63.8 Å². The van der Waals surface area contributed by atoms with Crippen LogP contribution in [-0.2, 0) is 19.2 Å². The van der Waals surface area contributed by atoms with E-state index in [1.54, 1.807) is 0 Å². The minimum absolute atomic E-state index is 0.244. The summed E-state index contributed by atoms with van der Waals surface area (Å²) >= 11 is 0. The Balaban J connectivity index is 1.39. The summed E-state index contributed by atoms with van der Waals surface area (Å²) in [4.78, 5) is 111. The number of hydrogen-bond acceptors (Lipinski definition) is 8. The van der Waals surface area contributed by atoms with Crippen molar-refractivity contribution < 1.29 is 38.4 Å². The van der Waals surface area contributed by atoms with Crippen molar-refractivity contribution in [2.45, 2.75) is 129 Å². The third kappa shape index (κ3) is 19.6. The van der Waals surface area contributed by atoms with Gasteiger partial charge in [-0.25, -0.2) is 19.2 Å². The molecule has 12 N–H and O–H groups in total. The number of nitrogens with one attached hydrogen (secondary N) is 12. The number of amides is 12. The molecule has 1 heterocycles. The second-order valence-electron chi connectivity index (χ2n) is 21.5. The Morgan fingerprint density at radius 1 is 0.275 bits per heavy atom. The van der Waals surface area contributed by atoms with E-state index in [0.29, 0.717) is 47.9 Å². The van der Waals surface area contributed by atoms with Crippen LogP contribution in [0.4, 0.5) is 19.2 Å². The van der Waals surface area contributed by atoms with Crippen molar-refractivity contribution in [3.63, 3.8) is 0 Å². The van der Waals surface area contributed by atoms with Crippen LogP contribution in [0.25, 0.3) is 0 Å². The third-order valence-electron chi connectivity index (χ3n) is 13.8. The Hall–Kier alpha value is -8.16. The highest BCUT2D eigenvalue weighted by Gasteiger charge is 2.35. The number of hydrogen-bond donors (Lipinski definition) is 12. The summed E-state index contributed by atoms with van der Waals surface area (Å²) in [6.07, 6.45) is 1.92. The molecule has 0 saturated carbocycles. The van der Waals surface area contributed by atoms with E-state index in [1.165, 1.54) is 0 Å². The average Bonchev–Trinajstić information content (AvgIpc) is 3.44. The zero-order chi connectivity index (χ0) is 58.1. The van der Waals surface area contributed by atoms with E-state index in [4.69, 9.17) is 0 Å². The first kappa shape index (κ1) is 62.7. The number of rotatable bonds is 8. The number of carbonyl (C=O) groups is 8. The minimum Gasteiger partial charge on any atom is -0.354 e. The van der Waals surface area contributed by atoms with E-state index in [1.807, 2.05) is 177 Å². The lowest BCUT2D eigenvalue weighted by atomic mass is 9.93. The SMILES string of the molecule is CC(C)C1NC(=O)NC(c2ccccc2)[C@H](c2ccccc2)NC(=O)N[C@@H](C(C)C)C(=O)NCCCCNC(=O)[C@H](C(C)C)NC(=O)N[C@@H](c2ccccc2)C(c2ccccc2)NC(=O)NC(C(C)C)C(=O)NCCCCNC1=O. The van der Waals surface area contributed by atoms with Crippen LogP contribution in [0.2, 0.25) is 0 Å². The van der Waals surface area contributed by atoms with Gasteiger partial charge in [0, 0.05) is 26.2 Å². The molecule has 4 aromatic carbocycles. The molecule has 0 aromatic heterocycles. The number of benzene rings is 4. The lowest BCUT2D eigenvalue weighted by molar-refractivity contribution is -0.124. The maximum Gasteiger partial charge on any atom is 0.316 e. The predicted molar refractivity (Wildman–Crippen MR) is 308 cm³/mol.